The van der Waals surface area contributed by atoms with Crippen LogP contribution in [0.5, 0.6) is 0 Å². The van der Waals surface area contributed by atoms with Crippen LogP contribution in [0.1, 0.15) is 23.1 Å². The van der Waals surface area contributed by atoms with Crippen LogP contribution in [0.15, 0.2) is 36.4 Å². The van der Waals surface area contributed by atoms with Gasteiger partial charge in [-0.05, 0) is 23.8 Å². The maximum Gasteiger partial charge on any atom is 0.142 e. The number of hydrogen-bond donors (Lipinski definition) is 2. The zero-order valence-corrected chi connectivity index (χ0v) is 12.4. The SMILES string of the molecule is NCC(c1ccc(F)cc1Cl)C(O)c1cccc(F)c1Cl. The Bertz CT molecular complexity index is 652. The van der Waals surface area contributed by atoms with Crippen LogP contribution in [0.25, 0.3) is 0 Å². The zero-order chi connectivity index (χ0) is 15.6. The molecule has 3 N–H and O–H groups in total. The molecule has 0 saturated carbocycles. The van der Waals surface area contributed by atoms with Crippen molar-refractivity contribution in [2.24, 2.45) is 5.73 Å². The molecular weight excluding hydrogens is 319 g/mol. The van der Waals surface area contributed by atoms with Gasteiger partial charge < -0.3 is 10.8 Å². The van der Waals surface area contributed by atoms with Crippen molar-refractivity contribution in [2.45, 2.75) is 12.0 Å². The molecule has 2 aromatic rings. The van der Waals surface area contributed by atoms with Crippen molar-refractivity contribution in [3.05, 3.63) is 69.2 Å². The highest BCUT2D eigenvalue weighted by Gasteiger charge is 2.26. The van der Waals surface area contributed by atoms with E-state index in [9.17, 15) is 13.9 Å². The first-order chi connectivity index (χ1) is 9.95. The summed E-state index contributed by atoms with van der Waals surface area (Å²) in [6, 6.07) is 7.96. The maximum atomic E-state index is 13.5. The average molecular weight is 332 g/mol. The van der Waals surface area contributed by atoms with E-state index in [1.165, 1.54) is 30.3 Å². The second kappa shape index (κ2) is 6.71. The molecule has 0 amide bonds. The van der Waals surface area contributed by atoms with Gasteiger partial charge in [-0.3, -0.25) is 0 Å². The molecule has 0 heterocycles. The summed E-state index contributed by atoms with van der Waals surface area (Å²) in [4.78, 5) is 0. The summed E-state index contributed by atoms with van der Waals surface area (Å²) in [6.45, 7) is 0.0410. The van der Waals surface area contributed by atoms with Gasteiger partial charge in [0.25, 0.3) is 0 Å². The van der Waals surface area contributed by atoms with Crippen molar-refractivity contribution >= 4 is 23.2 Å². The fraction of sp³-hybridized carbons (Fsp3) is 0.200. The molecule has 0 saturated heterocycles. The number of hydrogen-bond acceptors (Lipinski definition) is 2. The lowest BCUT2D eigenvalue weighted by Gasteiger charge is -2.24. The van der Waals surface area contributed by atoms with Crippen molar-refractivity contribution in [3.8, 4) is 0 Å². The molecule has 2 unspecified atom stereocenters. The largest absolute Gasteiger partial charge is 0.388 e. The summed E-state index contributed by atoms with van der Waals surface area (Å²) in [5.41, 5.74) is 6.38. The van der Waals surface area contributed by atoms with Crippen molar-refractivity contribution in [1.82, 2.24) is 0 Å². The third-order valence-electron chi connectivity index (χ3n) is 3.30. The number of nitrogens with two attached hydrogens (primary N) is 1. The normalized spacial score (nSPS) is 14.0. The summed E-state index contributed by atoms with van der Waals surface area (Å²) in [5.74, 6) is -1.75. The van der Waals surface area contributed by atoms with E-state index in [1.54, 1.807) is 0 Å². The van der Waals surface area contributed by atoms with E-state index >= 15 is 0 Å². The van der Waals surface area contributed by atoms with Crippen LogP contribution in [0.2, 0.25) is 10.0 Å². The van der Waals surface area contributed by atoms with Crippen LogP contribution in [-0.4, -0.2) is 11.7 Å². The molecule has 2 rings (SSSR count). The fourth-order valence-corrected chi connectivity index (χ4v) is 2.74. The van der Waals surface area contributed by atoms with Gasteiger partial charge in [0.1, 0.15) is 11.6 Å². The van der Waals surface area contributed by atoms with E-state index in [2.05, 4.69) is 0 Å². The number of aliphatic hydroxyl groups is 1. The number of benzene rings is 2. The molecule has 0 aliphatic carbocycles. The summed E-state index contributed by atoms with van der Waals surface area (Å²) >= 11 is 11.9. The van der Waals surface area contributed by atoms with Gasteiger partial charge in [0.05, 0.1) is 11.1 Å². The summed E-state index contributed by atoms with van der Waals surface area (Å²) in [7, 11) is 0. The maximum absolute atomic E-state index is 13.5. The Kier molecular flexibility index (Phi) is 5.17. The summed E-state index contributed by atoms with van der Waals surface area (Å²) < 4.78 is 26.6. The van der Waals surface area contributed by atoms with Gasteiger partial charge in [-0.2, -0.15) is 0 Å². The van der Waals surface area contributed by atoms with Crippen molar-refractivity contribution in [1.29, 1.82) is 0 Å². The van der Waals surface area contributed by atoms with Crippen molar-refractivity contribution in [3.63, 3.8) is 0 Å². The van der Waals surface area contributed by atoms with Gasteiger partial charge in [-0.15, -0.1) is 0 Å². The molecule has 0 bridgehead atoms. The Morgan fingerprint density at radius 1 is 1.10 bits per heavy atom. The minimum absolute atomic E-state index is 0.0410. The standard InChI is InChI=1S/C15H13Cl2F2NO/c16-12-6-8(18)4-5-9(12)11(7-20)15(21)10-2-1-3-13(19)14(10)17/h1-6,11,15,21H,7,20H2. The fourth-order valence-electron chi connectivity index (χ4n) is 2.19. The van der Waals surface area contributed by atoms with E-state index in [1.807, 2.05) is 0 Å². The van der Waals surface area contributed by atoms with Crippen molar-refractivity contribution in [2.75, 3.05) is 6.54 Å². The van der Waals surface area contributed by atoms with Crippen molar-refractivity contribution < 1.29 is 13.9 Å². The predicted octanol–water partition coefficient (Wildman–Crippen LogP) is 4.05. The third-order valence-corrected chi connectivity index (χ3v) is 4.02. The average Bonchev–Trinajstić information content (AvgIpc) is 2.44. The highest BCUT2D eigenvalue weighted by atomic mass is 35.5. The van der Waals surface area contributed by atoms with Gasteiger partial charge in [0.15, 0.2) is 0 Å². The van der Waals surface area contributed by atoms with E-state index in [0.29, 0.717) is 5.56 Å². The monoisotopic (exact) mass is 331 g/mol. The lowest BCUT2D eigenvalue weighted by Crippen LogP contribution is -2.21. The lowest BCUT2D eigenvalue weighted by molar-refractivity contribution is 0.147. The Labute approximate surface area is 131 Å². The number of aliphatic hydroxyl groups excluding tert-OH is 1. The smallest absolute Gasteiger partial charge is 0.142 e. The predicted molar refractivity (Wildman–Crippen MR) is 79.6 cm³/mol. The Morgan fingerprint density at radius 2 is 1.81 bits per heavy atom. The highest BCUT2D eigenvalue weighted by molar-refractivity contribution is 6.32. The van der Waals surface area contributed by atoms with Crippen LogP contribution in [0.3, 0.4) is 0 Å². The molecule has 112 valence electrons. The van der Waals surface area contributed by atoms with Crippen LogP contribution in [0.4, 0.5) is 8.78 Å². The molecule has 6 heteroatoms. The Morgan fingerprint density at radius 3 is 2.43 bits per heavy atom. The first-order valence-corrected chi connectivity index (χ1v) is 6.98. The Balaban J connectivity index is 2.43. The molecule has 0 radical (unpaired) electrons. The van der Waals surface area contributed by atoms with Crippen LogP contribution >= 0.6 is 23.2 Å². The second-order valence-electron chi connectivity index (χ2n) is 4.60. The molecule has 21 heavy (non-hydrogen) atoms. The summed E-state index contributed by atoms with van der Waals surface area (Å²) in [6.07, 6.45) is -1.15. The van der Waals surface area contributed by atoms with E-state index in [-0.39, 0.29) is 22.2 Å². The first-order valence-electron chi connectivity index (χ1n) is 6.22. The van der Waals surface area contributed by atoms with Gasteiger partial charge in [-0.1, -0.05) is 41.4 Å². The third kappa shape index (κ3) is 3.35. The lowest BCUT2D eigenvalue weighted by atomic mass is 9.89. The summed E-state index contributed by atoms with van der Waals surface area (Å²) in [5, 5.41) is 10.4. The molecule has 2 aromatic carbocycles. The molecule has 0 aliphatic heterocycles. The molecule has 0 fully saturated rings. The molecule has 2 nitrogen and oxygen atoms in total. The van der Waals surface area contributed by atoms with Crippen LogP contribution in [-0.2, 0) is 0 Å². The Hall–Kier alpha value is -1.20. The van der Waals surface area contributed by atoms with Gasteiger partial charge in [-0.25, -0.2) is 8.78 Å². The molecule has 0 spiro atoms. The van der Waals surface area contributed by atoms with Gasteiger partial charge in [0, 0.05) is 23.0 Å². The molecule has 2 atom stereocenters. The number of rotatable bonds is 4. The number of halogens is 4. The minimum atomic E-state index is -1.15. The van der Waals surface area contributed by atoms with Gasteiger partial charge >= 0.3 is 0 Å². The quantitative estimate of drug-likeness (QED) is 0.887. The second-order valence-corrected chi connectivity index (χ2v) is 5.38. The molecule has 0 aliphatic rings. The van der Waals surface area contributed by atoms with Gasteiger partial charge in [0.2, 0.25) is 0 Å². The van der Waals surface area contributed by atoms with E-state index in [0.717, 1.165) is 6.07 Å². The van der Waals surface area contributed by atoms with Crippen LogP contribution in [0, 0.1) is 11.6 Å². The van der Waals surface area contributed by atoms with E-state index in [4.69, 9.17) is 28.9 Å². The topological polar surface area (TPSA) is 46.2 Å². The minimum Gasteiger partial charge on any atom is -0.388 e. The van der Waals surface area contributed by atoms with Crippen LogP contribution < -0.4 is 5.73 Å². The first kappa shape index (κ1) is 16.2. The zero-order valence-electron chi connectivity index (χ0n) is 10.9. The highest BCUT2D eigenvalue weighted by Crippen LogP contribution is 2.37. The molecular formula is C15H13Cl2F2NO. The van der Waals surface area contributed by atoms with E-state index < -0.39 is 23.7 Å². The molecule has 0 aromatic heterocycles.